The van der Waals surface area contributed by atoms with Gasteiger partial charge in [0.25, 0.3) is 0 Å². The first kappa shape index (κ1) is 28.8. The largest absolute Gasteiger partial charge is 0.444 e. The van der Waals surface area contributed by atoms with Crippen LogP contribution in [0, 0.1) is 6.92 Å². The van der Waals surface area contributed by atoms with Crippen molar-refractivity contribution < 1.29 is 24.2 Å². The van der Waals surface area contributed by atoms with Crippen LogP contribution in [0.15, 0.2) is 24.3 Å². The molecule has 3 amide bonds. The van der Waals surface area contributed by atoms with Gasteiger partial charge in [-0.1, -0.05) is 43.2 Å². The Balaban J connectivity index is 3.31. The van der Waals surface area contributed by atoms with E-state index in [2.05, 4.69) is 23.3 Å². The maximum absolute atomic E-state index is 13.5. The minimum absolute atomic E-state index is 0.00556. The number of alkyl carbamates (subject to hydrolysis) is 1. The topological polar surface area (TPSA) is 108 Å². The van der Waals surface area contributed by atoms with Gasteiger partial charge < -0.3 is 25.4 Å². The fraction of sp³-hybridized carbons (Fsp3) is 0.625. The normalized spacial score (nSPS) is 14.1. The van der Waals surface area contributed by atoms with Crippen LogP contribution < -0.4 is 10.6 Å². The Morgan fingerprint density at radius 1 is 1.21 bits per heavy atom. The molecular formula is C24H39N3O5S. The molecule has 0 aliphatic heterocycles. The number of rotatable bonds is 11. The lowest BCUT2D eigenvalue weighted by Crippen LogP contribution is -2.55. The number of aliphatic hydroxyl groups is 1. The van der Waals surface area contributed by atoms with Crippen LogP contribution in [0.25, 0.3) is 0 Å². The predicted molar refractivity (Wildman–Crippen MR) is 132 cm³/mol. The highest BCUT2D eigenvalue weighted by atomic mass is 32.1. The molecule has 9 heteroatoms. The average molecular weight is 482 g/mol. The number of thiol groups is 1. The van der Waals surface area contributed by atoms with Gasteiger partial charge in [0.15, 0.2) is 0 Å². The molecule has 186 valence electrons. The van der Waals surface area contributed by atoms with Gasteiger partial charge in [-0.2, -0.15) is 12.6 Å². The fourth-order valence-electron chi connectivity index (χ4n) is 3.45. The summed E-state index contributed by atoms with van der Waals surface area (Å²) in [7, 11) is 0. The Morgan fingerprint density at radius 3 is 2.39 bits per heavy atom. The zero-order valence-corrected chi connectivity index (χ0v) is 21.4. The van der Waals surface area contributed by atoms with Crippen LogP contribution in [-0.4, -0.2) is 64.5 Å². The minimum Gasteiger partial charge on any atom is -0.444 e. The van der Waals surface area contributed by atoms with Crippen LogP contribution in [0.5, 0.6) is 0 Å². The summed E-state index contributed by atoms with van der Waals surface area (Å²) in [5, 5.41) is 15.2. The van der Waals surface area contributed by atoms with Crippen molar-refractivity contribution in [3.05, 3.63) is 35.4 Å². The van der Waals surface area contributed by atoms with Crippen LogP contribution in [0.1, 0.15) is 64.6 Å². The molecule has 3 atom stereocenters. The lowest BCUT2D eigenvalue weighted by Gasteiger charge is -2.34. The Bertz CT molecular complexity index is 797. The number of hydrogen-bond donors (Lipinski definition) is 4. The van der Waals surface area contributed by atoms with E-state index in [1.165, 1.54) is 4.90 Å². The molecule has 0 bridgehead atoms. The van der Waals surface area contributed by atoms with Gasteiger partial charge in [-0.25, -0.2) is 4.79 Å². The Kier molecular flexibility index (Phi) is 11.7. The number of benzene rings is 1. The molecular weight excluding hydrogens is 442 g/mol. The Labute approximate surface area is 202 Å². The van der Waals surface area contributed by atoms with E-state index in [0.717, 1.165) is 18.4 Å². The molecule has 0 fully saturated rings. The van der Waals surface area contributed by atoms with Gasteiger partial charge in [0.05, 0.1) is 6.61 Å². The number of carbonyl (C=O) groups is 3. The van der Waals surface area contributed by atoms with Gasteiger partial charge in [0, 0.05) is 18.3 Å². The summed E-state index contributed by atoms with van der Waals surface area (Å²) in [5.74, 6) is -0.887. The fourth-order valence-corrected chi connectivity index (χ4v) is 3.70. The van der Waals surface area contributed by atoms with Crippen molar-refractivity contribution in [1.29, 1.82) is 0 Å². The lowest BCUT2D eigenvalue weighted by atomic mass is 10.0. The molecule has 1 rings (SSSR count). The summed E-state index contributed by atoms with van der Waals surface area (Å²) in [6.07, 6.45) is 0.934. The van der Waals surface area contributed by atoms with Gasteiger partial charge in [-0.05, 0) is 46.6 Å². The first-order valence-corrected chi connectivity index (χ1v) is 11.9. The second-order valence-electron chi connectivity index (χ2n) is 9.15. The van der Waals surface area contributed by atoms with Crippen LogP contribution in [0.4, 0.5) is 4.79 Å². The summed E-state index contributed by atoms with van der Waals surface area (Å²) >= 11 is 4.23. The van der Waals surface area contributed by atoms with Crippen LogP contribution in [0.2, 0.25) is 0 Å². The van der Waals surface area contributed by atoms with E-state index >= 15 is 0 Å². The number of hydrogen-bond acceptors (Lipinski definition) is 6. The summed E-state index contributed by atoms with van der Waals surface area (Å²) in [5.41, 5.74) is 0.812. The molecule has 0 spiro atoms. The van der Waals surface area contributed by atoms with Crippen molar-refractivity contribution in [2.45, 2.75) is 78.1 Å². The number of nitrogens with zero attached hydrogens (tertiary/aromatic N) is 1. The second-order valence-corrected chi connectivity index (χ2v) is 9.52. The van der Waals surface area contributed by atoms with Crippen LogP contribution in [0.3, 0.4) is 0 Å². The summed E-state index contributed by atoms with van der Waals surface area (Å²) < 4.78 is 5.26. The van der Waals surface area contributed by atoms with Crippen LogP contribution >= 0.6 is 12.6 Å². The number of aryl methyl sites for hydroxylation is 1. The summed E-state index contributed by atoms with van der Waals surface area (Å²) in [4.78, 5) is 40.4. The van der Waals surface area contributed by atoms with E-state index in [-0.39, 0.29) is 30.9 Å². The molecule has 0 heterocycles. The van der Waals surface area contributed by atoms with Gasteiger partial charge in [-0.15, -0.1) is 0 Å². The quantitative estimate of drug-likeness (QED) is 0.364. The minimum atomic E-state index is -1.04. The van der Waals surface area contributed by atoms with E-state index in [1.54, 1.807) is 26.8 Å². The SMILES string of the molecule is CCCC(C)NC(=O)C(c1cccc(C)c1)N(CCO)C(=O)C(CS)NC(=O)OC(C)(C)C. The molecule has 3 unspecified atom stereocenters. The molecule has 1 aromatic rings. The molecule has 0 aliphatic carbocycles. The van der Waals surface area contributed by atoms with Crippen molar-refractivity contribution in [3.8, 4) is 0 Å². The monoisotopic (exact) mass is 481 g/mol. The van der Waals surface area contributed by atoms with E-state index in [0.29, 0.717) is 5.56 Å². The molecule has 33 heavy (non-hydrogen) atoms. The first-order valence-electron chi connectivity index (χ1n) is 11.3. The first-order chi connectivity index (χ1) is 15.4. The lowest BCUT2D eigenvalue weighted by molar-refractivity contribution is -0.142. The average Bonchev–Trinajstić information content (AvgIpc) is 2.70. The summed E-state index contributed by atoms with van der Waals surface area (Å²) in [6.45, 7) is 10.6. The third-order valence-corrected chi connectivity index (χ3v) is 5.19. The third-order valence-electron chi connectivity index (χ3n) is 4.82. The van der Waals surface area contributed by atoms with Crippen molar-refractivity contribution >= 4 is 30.5 Å². The van der Waals surface area contributed by atoms with E-state index in [9.17, 15) is 19.5 Å². The molecule has 0 saturated carbocycles. The maximum atomic E-state index is 13.5. The standard InChI is InChI=1S/C24H39N3O5S/c1-7-9-17(3)25-21(29)20(18-11-8-10-16(2)14-18)27(12-13-28)22(30)19(15-33)26-23(31)32-24(4,5)6/h8,10-11,14,17,19-20,28,33H,7,9,12-13,15H2,1-6H3,(H,25,29)(H,26,31). The number of nitrogens with one attached hydrogen (secondary N) is 2. The Morgan fingerprint density at radius 2 is 1.88 bits per heavy atom. The number of ether oxygens (including phenoxy) is 1. The van der Waals surface area contributed by atoms with Crippen molar-refractivity contribution in [3.63, 3.8) is 0 Å². The predicted octanol–water partition coefficient (Wildman–Crippen LogP) is 2.98. The molecule has 0 radical (unpaired) electrons. The molecule has 0 aromatic heterocycles. The zero-order chi connectivity index (χ0) is 25.2. The van der Waals surface area contributed by atoms with Gasteiger partial charge in [-0.3, -0.25) is 9.59 Å². The van der Waals surface area contributed by atoms with Crippen LogP contribution in [-0.2, 0) is 14.3 Å². The van der Waals surface area contributed by atoms with Crippen molar-refractivity contribution in [2.24, 2.45) is 0 Å². The maximum Gasteiger partial charge on any atom is 0.408 e. The van der Waals surface area contributed by atoms with Crippen molar-refractivity contribution in [2.75, 3.05) is 18.9 Å². The highest BCUT2D eigenvalue weighted by Crippen LogP contribution is 2.24. The Hall–Kier alpha value is -2.26. The van der Waals surface area contributed by atoms with Crippen molar-refractivity contribution in [1.82, 2.24) is 15.5 Å². The number of aliphatic hydroxyl groups excluding tert-OH is 1. The highest BCUT2D eigenvalue weighted by molar-refractivity contribution is 7.80. The van der Waals surface area contributed by atoms with Gasteiger partial charge in [0.2, 0.25) is 11.8 Å². The number of carbonyl (C=O) groups excluding carboxylic acids is 3. The third kappa shape index (κ3) is 9.63. The van der Waals surface area contributed by atoms with E-state index < -0.39 is 29.7 Å². The number of amides is 3. The van der Waals surface area contributed by atoms with E-state index in [1.807, 2.05) is 39.0 Å². The van der Waals surface area contributed by atoms with E-state index in [4.69, 9.17) is 4.74 Å². The summed E-state index contributed by atoms with van der Waals surface area (Å²) in [6, 6.07) is 5.23. The molecule has 3 N–H and O–H groups in total. The smallest absolute Gasteiger partial charge is 0.408 e. The zero-order valence-electron chi connectivity index (χ0n) is 20.6. The second kappa shape index (κ2) is 13.4. The molecule has 0 aliphatic rings. The van der Waals surface area contributed by atoms with Gasteiger partial charge in [0.1, 0.15) is 17.7 Å². The molecule has 0 saturated heterocycles. The van der Waals surface area contributed by atoms with Gasteiger partial charge >= 0.3 is 6.09 Å². The highest BCUT2D eigenvalue weighted by Gasteiger charge is 2.36. The molecule has 1 aromatic carbocycles. The molecule has 8 nitrogen and oxygen atoms in total.